The molecule has 0 aromatic heterocycles. The van der Waals surface area contributed by atoms with Gasteiger partial charge < -0.3 is 9.84 Å². The van der Waals surface area contributed by atoms with Crippen LogP contribution in [0.5, 0.6) is 0 Å². The maximum Gasteiger partial charge on any atom is 0.140 e. The fourth-order valence-corrected chi connectivity index (χ4v) is 10.3. The van der Waals surface area contributed by atoms with E-state index in [-0.39, 0.29) is 28.4 Å². The van der Waals surface area contributed by atoms with Crippen LogP contribution in [0.25, 0.3) is 0 Å². The number of hydrogen-bond acceptors (Lipinski definition) is 4. The number of ketones is 1. The molecule has 5 aliphatic carbocycles. The number of ether oxygens (including phenoxy) is 1. The van der Waals surface area contributed by atoms with E-state index < -0.39 is 6.10 Å². The van der Waals surface area contributed by atoms with Crippen molar-refractivity contribution in [1.82, 2.24) is 4.90 Å². The number of Topliss-reactive ketones (excluding diaryl/α,β-unsaturated/α-hetero) is 1. The van der Waals surface area contributed by atoms with Crippen LogP contribution in [0, 0.1) is 39.9 Å². The normalized spacial score (nSPS) is 66.7. The van der Waals surface area contributed by atoms with Gasteiger partial charge in [-0.1, -0.05) is 20.4 Å². The molecule has 4 nitrogen and oxygen atoms in total. The second-order valence-corrected chi connectivity index (χ2v) is 10.8. The molecule has 0 unspecified atom stereocenters. The Hall–Kier alpha value is -0.710. The molecule has 9 aliphatic rings. The summed E-state index contributed by atoms with van der Waals surface area (Å²) in [6.45, 7) is 9.94. The monoisotopic (exact) mass is 355 g/mol. The van der Waals surface area contributed by atoms with E-state index in [0.29, 0.717) is 42.1 Å². The highest BCUT2D eigenvalue weighted by atomic mass is 16.5. The molecule has 9 fully saturated rings. The van der Waals surface area contributed by atoms with E-state index in [9.17, 15) is 9.90 Å². The smallest absolute Gasteiger partial charge is 0.140 e. The Morgan fingerprint density at radius 1 is 1.38 bits per heavy atom. The lowest BCUT2D eigenvalue weighted by Gasteiger charge is -2.73. The van der Waals surface area contributed by atoms with Gasteiger partial charge in [0.25, 0.3) is 0 Å². The fraction of sp³-hybridized carbons (Fsp3) is 0.864. The molecule has 26 heavy (non-hydrogen) atoms. The Labute approximate surface area is 155 Å². The first-order chi connectivity index (χ1) is 12.4. The van der Waals surface area contributed by atoms with E-state index in [1.165, 1.54) is 12.8 Å². The second-order valence-electron chi connectivity index (χ2n) is 10.8. The first kappa shape index (κ1) is 15.2. The van der Waals surface area contributed by atoms with Crippen LogP contribution in [0.4, 0.5) is 0 Å². The van der Waals surface area contributed by atoms with Crippen LogP contribution in [0.1, 0.15) is 46.0 Å². The van der Waals surface area contributed by atoms with Crippen molar-refractivity contribution in [3.05, 3.63) is 12.2 Å². The zero-order valence-electron chi connectivity index (χ0n) is 15.8. The van der Waals surface area contributed by atoms with Crippen LogP contribution < -0.4 is 0 Å². The lowest BCUT2D eigenvalue weighted by Crippen LogP contribution is -2.78. The highest BCUT2D eigenvalue weighted by Crippen LogP contribution is 2.86. The van der Waals surface area contributed by atoms with Crippen molar-refractivity contribution in [1.29, 1.82) is 0 Å². The van der Waals surface area contributed by atoms with Crippen LogP contribution in [-0.4, -0.2) is 46.8 Å². The van der Waals surface area contributed by atoms with Gasteiger partial charge in [-0.15, -0.1) is 0 Å². The summed E-state index contributed by atoms with van der Waals surface area (Å²) in [4.78, 5) is 15.7. The van der Waals surface area contributed by atoms with Crippen molar-refractivity contribution in [2.75, 3.05) is 6.54 Å². The highest BCUT2D eigenvalue weighted by molar-refractivity contribution is 5.87. The average Bonchev–Trinajstić information content (AvgIpc) is 3.17. The average molecular weight is 355 g/mol. The molecule has 140 valence electrons. The van der Waals surface area contributed by atoms with E-state index in [0.717, 1.165) is 25.0 Å². The van der Waals surface area contributed by atoms with Gasteiger partial charge in [0.05, 0.1) is 12.2 Å². The Morgan fingerprint density at radius 2 is 2.19 bits per heavy atom. The molecule has 4 aliphatic heterocycles. The van der Waals surface area contributed by atoms with Gasteiger partial charge in [-0.2, -0.15) is 0 Å². The number of nitrogens with zero attached hydrogens (tertiary/aromatic N) is 1. The molecule has 9 bridgehead atoms. The van der Waals surface area contributed by atoms with Crippen molar-refractivity contribution in [2.24, 2.45) is 39.9 Å². The van der Waals surface area contributed by atoms with Crippen LogP contribution in [-0.2, 0) is 9.53 Å². The summed E-state index contributed by atoms with van der Waals surface area (Å²) in [6, 6.07) is 0.506. The van der Waals surface area contributed by atoms with E-state index in [4.69, 9.17) is 4.74 Å². The van der Waals surface area contributed by atoms with E-state index in [1.807, 2.05) is 0 Å². The SMILES string of the molecule is C=C1[C@H]2C[C@@]3([C@@H]1O)[C@@H](CC2=O)[C@@]12[C@@H]4CC[C@@]5(C)[C@H](O4)N(CC)[C@@H]1[C@@H]3C[C@H]52. The summed E-state index contributed by atoms with van der Waals surface area (Å²) in [5.41, 5.74) is 1.03. The van der Waals surface area contributed by atoms with Gasteiger partial charge in [0.15, 0.2) is 0 Å². The first-order valence-corrected chi connectivity index (χ1v) is 10.7. The molecule has 0 radical (unpaired) electrons. The molecule has 1 N–H and O–H groups in total. The number of carbonyl (C=O) groups excluding carboxylic acids is 1. The Kier molecular flexibility index (Phi) is 2.35. The molecular formula is C22H29NO3. The summed E-state index contributed by atoms with van der Waals surface area (Å²) in [5, 5.41) is 11.4. The Morgan fingerprint density at radius 3 is 2.96 bits per heavy atom. The van der Waals surface area contributed by atoms with Crippen LogP contribution in [0.15, 0.2) is 12.2 Å². The third kappa shape index (κ3) is 1.11. The predicted octanol–water partition coefficient (Wildman–Crippen LogP) is 2.36. The van der Waals surface area contributed by atoms with E-state index >= 15 is 0 Å². The molecule has 4 saturated heterocycles. The molecule has 5 saturated carbocycles. The molecule has 4 heteroatoms. The summed E-state index contributed by atoms with van der Waals surface area (Å²) >= 11 is 0. The van der Waals surface area contributed by atoms with Gasteiger partial charge >= 0.3 is 0 Å². The summed E-state index contributed by atoms with van der Waals surface area (Å²) in [5.74, 6) is 1.74. The molecule has 0 amide bonds. The summed E-state index contributed by atoms with van der Waals surface area (Å²) in [7, 11) is 0. The van der Waals surface area contributed by atoms with Gasteiger partial charge in [-0.25, -0.2) is 0 Å². The van der Waals surface area contributed by atoms with Gasteiger partial charge in [0.1, 0.15) is 12.0 Å². The number of aliphatic hydroxyl groups is 1. The van der Waals surface area contributed by atoms with E-state index in [2.05, 4.69) is 25.3 Å². The van der Waals surface area contributed by atoms with Crippen LogP contribution in [0.2, 0.25) is 0 Å². The maximum absolute atomic E-state index is 13.0. The molecule has 4 heterocycles. The molecule has 11 atom stereocenters. The van der Waals surface area contributed by atoms with Crippen molar-refractivity contribution < 1.29 is 14.6 Å². The van der Waals surface area contributed by atoms with E-state index in [1.54, 1.807) is 0 Å². The number of carbonyl (C=O) groups is 1. The number of hydrogen-bond donors (Lipinski definition) is 1. The lowest BCUT2D eigenvalue weighted by atomic mass is 9.41. The molecular weight excluding hydrogens is 326 g/mol. The van der Waals surface area contributed by atoms with Crippen molar-refractivity contribution in [3.63, 3.8) is 0 Å². The predicted molar refractivity (Wildman–Crippen MR) is 95.0 cm³/mol. The zero-order valence-corrected chi connectivity index (χ0v) is 15.8. The topological polar surface area (TPSA) is 49.8 Å². The van der Waals surface area contributed by atoms with Crippen molar-refractivity contribution in [2.45, 2.75) is 70.4 Å². The van der Waals surface area contributed by atoms with Crippen molar-refractivity contribution >= 4 is 5.78 Å². The Bertz CT molecular complexity index is 779. The first-order valence-electron chi connectivity index (χ1n) is 10.7. The molecule has 0 aromatic carbocycles. The number of rotatable bonds is 1. The zero-order chi connectivity index (χ0) is 17.8. The molecule has 2 spiro atoms. The van der Waals surface area contributed by atoms with Crippen molar-refractivity contribution in [3.8, 4) is 0 Å². The number of aliphatic hydroxyl groups excluding tert-OH is 1. The second kappa shape index (κ2) is 4.01. The van der Waals surface area contributed by atoms with Gasteiger partial charge in [0.2, 0.25) is 0 Å². The quantitative estimate of drug-likeness (QED) is 0.734. The maximum atomic E-state index is 13.0. The minimum atomic E-state index is -0.487. The Balaban J connectivity index is 1.52. The summed E-state index contributed by atoms with van der Waals surface area (Å²) in [6.07, 6.45) is 5.21. The highest BCUT2D eigenvalue weighted by Gasteiger charge is 2.88. The minimum Gasteiger partial charge on any atom is -0.388 e. The van der Waals surface area contributed by atoms with Gasteiger partial charge in [-0.3, -0.25) is 9.69 Å². The lowest BCUT2D eigenvalue weighted by molar-refractivity contribution is -0.370. The van der Waals surface area contributed by atoms with Crippen LogP contribution >= 0.6 is 0 Å². The molecule has 9 rings (SSSR count). The standard InChI is InChI=1S/C22H29NO3/c1-4-23-17-12-7-14-20(3)6-5-16(26-19(20)23)22(14,17)15-8-13(24)11-9-21(12,15)18(25)10(11)2/h11-12,14-19,25H,2,4-9H2,1,3H3/t11-,12+,14-,15-,16+,17-,18-,19+,20-,21+,22+/m1/s1. The van der Waals surface area contributed by atoms with Crippen LogP contribution in [0.3, 0.4) is 0 Å². The molecule has 0 aromatic rings. The van der Waals surface area contributed by atoms with Gasteiger partial charge in [-0.05, 0) is 55.6 Å². The number of piperidine rings is 1. The van der Waals surface area contributed by atoms with Gasteiger partial charge in [0, 0.05) is 34.6 Å². The third-order valence-electron chi connectivity index (χ3n) is 10.8. The largest absolute Gasteiger partial charge is 0.388 e. The number of fused-ring (bicyclic) bond motifs is 2. The third-order valence-corrected chi connectivity index (χ3v) is 10.8. The fourth-order valence-electron chi connectivity index (χ4n) is 10.3. The summed E-state index contributed by atoms with van der Waals surface area (Å²) < 4.78 is 6.75. The minimum absolute atomic E-state index is 0.0853.